The van der Waals surface area contributed by atoms with Crippen molar-refractivity contribution in [1.82, 2.24) is 4.72 Å². The van der Waals surface area contributed by atoms with Crippen molar-refractivity contribution in [2.75, 3.05) is 5.32 Å². The van der Waals surface area contributed by atoms with Gasteiger partial charge in [-0.25, -0.2) is 13.1 Å². The molecule has 2 N–H and O–H groups in total. The molecule has 0 aliphatic heterocycles. The van der Waals surface area contributed by atoms with Crippen molar-refractivity contribution < 1.29 is 18.1 Å². The van der Waals surface area contributed by atoms with Crippen LogP contribution in [0.1, 0.15) is 62.2 Å². The van der Waals surface area contributed by atoms with Crippen molar-refractivity contribution in [2.24, 2.45) is 23.2 Å². The third-order valence-electron chi connectivity index (χ3n) is 8.25. The molecule has 2 aromatic rings. The van der Waals surface area contributed by atoms with E-state index in [0.717, 1.165) is 43.4 Å². The molecule has 4 bridgehead atoms. The zero-order valence-corrected chi connectivity index (χ0v) is 20.6. The summed E-state index contributed by atoms with van der Waals surface area (Å²) < 4.78 is 29.9. The molecule has 2 aromatic carbocycles. The van der Waals surface area contributed by atoms with Gasteiger partial charge in [0.1, 0.15) is 0 Å². The molecule has 6 rings (SSSR count). The Hall–Kier alpha value is -2.78. The first-order chi connectivity index (χ1) is 16.7. The Balaban J connectivity index is 1.34. The maximum atomic E-state index is 13.4. The summed E-state index contributed by atoms with van der Waals surface area (Å²) in [6, 6.07) is 11.4. The minimum absolute atomic E-state index is 0.0353. The smallest absolute Gasteiger partial charge is 0.271 e. The molecule has 0 saturated heterocycles. The van der Waals surface area contributed by atoms with Crippen LogP contribution in [0.4, 0.5) is 11.4 Å². The van der Waals surface area contributed by atoms with Gasteiger partial charge in [-0.1, -0.05) is 19.1 Å². The zero-order chi connectivity index (χ0) is 24.8. The Morgan fingerprint density at radius 2 is 1.69 bits per heavy atom. The number of sulfonamides is 1. The molecular weight excluding hydrogens is 466 g/mol. The largest absolute Gasteiger partial charge is 0.322 e. The summed E-state index contributed by atoms with van der Waals surface area (Å²) in [5.41, 5.74) is 0.331. The van der Waals surface area contributed by atoms with Gasteiger partial charge in [-0.05, 0) is 92.4 Å². The Kier molecular flexibility index (Phi) is 6.17. The van der Waals surface area contributed by atoms with Gasteiger partial charge in [-0.15, -0.1) is 0 Å². The topological polar surface area (TPSA) is 118 Å². The van der Waals surface area contributed by atoms with Gasteiger partial charge in [-0.3, -0.25) is 14.9 Å². The van der Waals surface area contributed by atoms with Gasteiger partial charge >= 0.3 is 0 Å². The second-order valence-corrected chi connectivity index (χ2v) is 12.4. The maximum absolute atomic E-state index is 13.4. The molecular formula is C26H31N3O5S. The summed E-state index contributed by atoms with van der Waals surface area (Å²) in [7, 11) is -3.83. The van der Waals surface area contributed by atoms with Gasteiger partial charge in [0.25, 0.3) is 11.6 Å². The number of non-ortho nitro benzene ring substituents is 1. The molecule has 9 heteroatoms. The number of anilines is 1. The van der Waals surface area contributed by atoms with E-state index in [1.54, 1.807) is 12.1 Å². The minimum Gasteiger partial charge on any atom is -0.322 e. The number of hydrogen-bond acceptors (Lipinski definition) is 5. The fourth-order valence-corrected chi connectivity index (χ4v) is 8.67. The lowest BCUT2D eigenvalue weighted by molar-refractivity contribution is -0.384. The molecule has 0 radical (unpaired) electrons. The van der Waals surface area contributed by atoms with Crippen LogP contribution in [-0.4, -0.2) is 25.3 Å². The number of carbonyl (C=O) groups is 1. The van der Waals surface area contributed by atoms with E-state index in [0.29, 0.717) is 0 Å². The van der Waals surface area contributed by atoms with E-state index in [4.69, 9.17) is 0 Å². The van der Waals surface area contributed by atoms with Crippen LogP contribution >= 0.6 is 0 Å². The highest BCUT2D eigenvalue weighted by Gasteiger charge is 2.54. The molecule has 4 saturated carbocycles. The second kappa shape index (κ2) is 9.02. The number of benzene rings is 2. The van der Waals surface area contributed by atoms with Crippen molar-refractivity contribution in [3.05, 3.63) is 64.2 Å². The minimum atomic E-state index is -3.83. The molecule has 186 valence electrons. The number of nitrogens with one attached hydrogen (secondary N) is 2. The molecule has 1 atom stereocenters. The van der Waals surface area contributed by atoms with E-state index >= 15 is 0 Å². The van der Waals surface area contributed by atoms with Gasteiger partial charge in [0, 0.05) is 29.4 Å². The Morgan fingerprint density at radius 1 is 1.06 bits per heavy atom. The van der Waals surface area contributed by atoms with E-state index in [-0.39, 0.29) is 33.3 Å². The van der Waals surface area contributed by atoms with Gasteiger partial charge in [0.05, 0.1) is 9.82 Å². The lowest BCUT2D eigenvalue weighted by Gasteiger charge is -2.59. The summed E-state index contributed by atoms with van der Waals surface area (Å²) in [5, 5.41) is 13.6. The third kappa shape index (κ3) is 4.71. The molecule has 35 heavy (non-hydrogen) atoms. The van der Waals surface area contributed by atoms with Crippen LogP contribution in [0.3, 0.4) is 0 Å². The zero-order valence-electron chi connectivity index (χ0n) is 19.8. The standard InChI is InChI=1S/C26H31N3O5S/c1-2-24(26-14-17-9-18(15-26)11-19(10-17)16-26)28-35(33,34)23-8-3-5-20(12-23)25(30)27-21-6-4-7-22(13-21)29(31)32/h3-8,12-13,17-19,24,28H,2,9-11,14-16H2,1H3,(H,27,30)/t17?,18?,19?,24-,26?/m0/s1. The van der Waals surface area contributed by atoms with Gasteiger partial charge in [0.2, 0.25) is 10.0 Å². The Labute approximate surface area is 205 Å². The predicted molar refractivity (Wildman–Crippen MR) is 132 cm³/mol. The molecule has 4 fully saturated rings. The lowest BCUT2D eigenvalue weighted by atomic mass is 9.47. The van der Waals surface area contributed by atoms with Crippen LogP contribution < -0.4 is 10.0 Å². The molecule has 0 heterocycles. The van der Waals surface area contributed by atoms with E-state index in [9.17, 15) is 23.3 Å². The molecule has 0 aromatic heterocycles. The van der Waals surface area contributed by atoms with Crippen molar-refractivity contribution in [3.63, 3.8) is 0 Å². The van der Waals surface area contributed by atoms with Crippen molar-refractivity contribution in [1.29, 1.82) is 0 Å². The normalized spacial score (nSPS) is 28.0. The fourth-order valence-electron chi connectivity index (χ4n) is 7.21. The predicted octanol–water partition coefficient (Wildman–Crippen LogP) is 5.12. The monoisotopic (exact) mass is 497 g/mol. The van der Waals surface area contributed by atoms with Crippen LogP contribution in [0.15, 0.2) is 53.4 Å². The summed E-state index contributed by atoms with van der Waals surface area (Å²) in [6.45, 7) is 2.05. The number of rotatable bonds is 8. The summed E-state index contributed by atoms with van der Waals surface area (Å²) in [4.78, 5) is 23.3. The van der Waals surface area contributed by atoms with E-state index < -0.39 is 20.9 Å². The summed E-state index contributed by atoms with van der Waals surface area (Å²) >= 11 is 0. The second-order valence-electron chi connectivity index (χ2n) is 10.7. The van der Waals surface area contributed by atoms with Crippen molar-refractivity contribution in [2.45, 2.75) is 62.8 Å². The van der Waals surface area contributed by atoms with Gasteiger partial charge in [-0.2, -0.15) is 0 Å². The highest BCUT2D eigenvalue weighted by atomic mass is 32.2. The fraction of sp³-hybridized carbons (Fsp3) is 0.500. The highest BCUT2D eigenvalue weighted by Crippen LogP contribution is 2.61. The Morgan fingerprint density at radius 3 is 2.29 bits per heavy atom. The summed E-state index contributed by atoms with van der Waals surface area (Å²) in [5.74, 6) is 1.64. The first-order valence-electron chi connectivity index (χ1n) is 12.4. The average Bonchev–Trinajstić information content (AvgIpc) is 2.82. The van der Waals surface area contributed by atoms with Crippen LogP contribution in [0.25, 0.3) is 0 Å². The molecule has 1 amide bonds. The van der Waals surface area contributed by atoms with Crippen LogP contribution in [0.5, 0.6) is 0 Å². The molecule has 0 spiro atoms. The lowest BCUT2D eigenvalue weighted by Crippen LogP contribution is -2.56. The number of nitrogens with zero attached hydrogens (tertiary/aromatic N) is 1. The first kappa shape index (κ1) is 23.9. The van der Waals surface area contributed by atoms with Gasteiger partial charge < -0.3 is 5.32 Å². The molecule has 8 nitrogen and oxygen atoms in total. The van der Waals surface area contributed by atoms with Gasteiger partial charge in [0.15, 0.2) is 0 Å². The third-order valence-corrected chi connectivity index (χ3v) is 9.72. The number of nitro groups is 1. The van der Waals surface area contributed by atoms with E-state index in [1.807, 2.05) is 0 Å². The number of nitro benzene ring substituents is 1. The van der Waals surface area contributed by atoms with E-state index in [1.165, 1.54) is 55.7 Å². The van der Waals surface area contributed by atoms with Crippen LogP contribution in [-0.2, 0) is 10.0 Å². The first-order valence-corrected chi connectivity index (χ1v) is 13.8. The average molecular weight is 498 g/mol. The van der Waals surface area contributed by atoms with Crippen molar-refractivity contribution in [3.8, 4) is 0 Å². The molecule has 0 unspecified atom stereocenters. The SMILES string of the molecule is CC[C@H](NS(=O)(=O)c1cccc(C(=O)Nc2cccc([N+](=O)[O-])c2)c1)C12CC3CC(CC(C3)C1)C2. The highest BCUT2D eigenvalue weighted by molar-refractivity contribution is 7.89. The van der Waals surface area contributed by atoms with Crippen LogP contribution in [0.2, 0.25) is 0 Å². The number of carbonyl (C=O) groups excluding carboxylic acids is 1. The quantitative estimate of drug-likeness (QED) is 0.388. The number of hydrogen-bond donors (Lipinski definition) is 2. The number of amides is 1. The molecule has 4 aliphatic rings. The molecule has 4 aliphatic carbocycles. The summed E-state index contributed by atoms with van der Waals surface area (Å²) in [6.07, 6.45) is 7.93. The van der Waals surface area contributed by atoms with Crippen LogP contribution in [0, 0.1) is 33.3 Å². The van der Waals surface area contributed by atoms with E-state index in [2.05, 4.69) is 17.0 Å². The van der Waals surface area contributed by atoms with Crippen molar-refractivity contribution >= 4 is 27.3 Å². The maximum Gasteiger partial charge on any atom is 0.271 e. The Bertz CT molecular complexity index is 1220.